The van der Waals surface area contributed by atoms with E-state index in [-0.39, 0.29) is 11.9 Å². The fourth-order valence-corrected chi connectivity index (χ4v) is 4.19. The van der Waals surface area contributed by atoms with Gasteiger partial charge in [0.1, 0.15) is 10.3 Å². The van der Waals surface area contributed by atoms with E-state index in [1.54, 1.807) is 29.7 Å². The minimum Gasteiger partial charge on any atom is -0.350 e. The van der Waals surface area contributed by atoms with Crippen LogP contribution in [0.25, 0.3) is 16.4 Å². The Labute approximate surface area is 166 Å². The van der Waals surface area contributed by atoms with Crippen LogP contribution in [0.1, 0.15) is 18.4 Å². The van der Waals surface area contributed by atoms with Crippen molar-refractivity contribution in [2.75, 3.05) is 18.0 Å². The predicted molar refractivity (Wildman–Crippen MR) is 111 cm³/mol. The van der Waals surface area contributed by atoms with Crippen LogP contribution in [0, 0.1) is 0 Å². The highest BCUT2D eigenvalue weighted by molar-refractivity contribution is 7.21. The van der Waals surface area contributed by atoms with E-state index in [0.717, 1.165) is 47.0 Å². The maximum Gasteiger partial charge on any atom is 0.244 e. The number of fused-ring (bicyclic) bond motifs is 1. The number of halogens is 1. The van der Waals surface area contributed by atoms with Crippen LogP contribution < -0.4 is 10.2 Å². The SMILES string of the molecule is O=C(/C=C/c1ccc(Cl)cc1)NC1CCN(c2nc3cccnc3s2)CC1. The second-order valence-electron chi connectivity index (χ2n) is 6.48. The molecule has 1 amide bonds. The number of nitrogens with zero attached hydrogens (tertiary/aromatic N) is 3. The summed E-state index contributed by atoms with van der Waals surface area (Å²) in [5.41, 5.74) is 1.90. The Morgan fingerprint density at radius 1 is 1.22 bits per heavy atom. The summed E-state index contributed by atoms with van der Waals surface area (Å²) in [5, 5.41) is 4.79. The second-order valence-corrected chi connectivity index (χ2v) is 7.87. The number of aromatic nitrogens is 2. The molecule has 1 aromatic carbocycles. The molecule has 138 valence electrons. The smallest absolute Gasteiger partial charge is 0.244 e. The highest BCUT2D eigenvalue weighted by Crippen LogP contribution is 2.29. The molecule has 0 atom stereocenters. The van der Waals surface area contributed by atoms with Crippen molar-refractivity contribution >= 4 is 50.4 Å². The number of hydrogen-bond donors (Lipinski definition) is 1. The predicted octanol–water partition coefficient (Wildman–Crippen LogP) is 4.14. The molecule has 5 nitrogen and oxygen atoms in total. The maximum atomic E-state index is 12.2. The molecule has 1 fully saturated rings. The summed E-state index contributed by atoms with van der Waals surface area (Å²) >= 11 is 7.49. The van der Waals surface area contributed by atoms with Gasteiger partial charge in [0.05, 0.1) is 0 Å². The number of amides is 1. The van der Waals surface area contributed by atoms with Gasteiger partial charge in [-0.15, -0.1) is 0 Å². The van der Waals surface area contributed by atoms with Gasteiger partial charge in [-0.25, -0.2) is 9.97 Å². The lowest BCUT2D eigenvalue weighted by Gasteiger charge is -2.31. The van der Waals surface area contributed by atoms with E-state index in [4.69, 9.17) is 11.6 Å². The molecule has 0 bridgehead atoms. The van der Waals surface area contributed by atoms with Crippen molar-refractivity contribution in [1.82, 2.24) is 15.3 Å². The number of nitrogens with one attached hydrogen (secondary N) is 1. The van der Waals surface area contributed by atoms with Crippen LogP contribution in [-0.4, -0.2) is 35.0 Å². The fraction of sp³-hybridized carbons (Fsp3) is 0.250. The largest absolute Gasteiger partial charge is 0.350 e. The van der Waals surface area contributed by atoms with Gasteiger partial charge < -0.3 is 10.2 Å². The van der Waals surface area contributed by atoms with Gasteiger partial charge in [-0.1, -0.05) is 35.1 Å². The first-order valence-electron chi connectivity index (χ1n) is 8.88. The molecule has 1 aliphatic heterocycles. The van der Waals surface area contributed by atoms with E-state index in [2.05, 4.69) is 20.2 Å². The number of rotatable bonds is 4. The lowest BCUT2D eigenvalue weighted by Crippen LogP contribution is -2.44. The molecular weight excluding hydrogens is 380 g/mol. The first-order chi connectivity index (χ1) is 13.2. The van der Waals surface area contributed by atoms with Gasteiger partial charge in [0.2, 0.25) is 5.91 Å². The third kappa shape index (κ3) is 4.46. The van der Waals surface area contributed by atoms with Crippen LogP contribution in [0.3, 0.4) is 0 Å². The number of pyridine rings is 1. The zero-order valence-corrected chi connectivity index (χ0v) is 16.2. The summed E-state index contributed by atoms with van der Waals surface area (Å²) in [4.78, 5) is 24.4. The number of anilines is 1. The summed E-state index contributed by atoms with van der Waals surface area (Å²) in [7, 11) is 0. The van der Waals surface area contributed by atoms with Crippen LogP contribution in [0.2, 0.25) is 5.02 Å². The Hall–Kier alpha value is -2.44. The number of benzene rings is 1. The van der Waals surface area contributed by atoms with Gasteiger partial charge in [0.25, 0.3) is 0 Å². The molecule has 1 N–H and O–H groups in total. The van der Waals surface area contributed by atoms with Crippen molar-refractivity contribution in [1.29, 1.82) is 0 Å². The number of carbonyl (C=O) groups excluding carboxylic acids is 1. The Bertz CT molecular complexity index is 929. The van der Waals surface area contributed by atoms with Gasteiger partial charge in [-0.05, 0) is 48.7 Å². The monoisotopic (exact) mass is 398 g/mol. The topological polar surface area (TPSA) is 58.1 Å². The second kappa shape index (κ2) is 8.06. The lowest BCUT2D eigenvalue weighted by molar-refractivity contribution is -0.117. The molecule has 0 aliphatic carbocycles. The molecule has 1 saturated heterocycles. The molecule has 3 heterocycles. The van der Waals surface area contributed by atoms with Crippen molar-refractivity contribution in [2.45, 2.75) is 18.9 Å². The highest BCUT2D eigenvalue weighted by Gasteiger charge is 2.22. The van der Waals surface area contributed by atoms with E-state index in [1.165, 1.54) is 0 Å². The maximum absolute atomic E-state index is 12.2. The summed E-state index contributed by atoms with van der Waals surface area (Å²) in [5.74, 6) is -0.0624. The highest BCUT2D eigenvalue weighted by atomic mass is 35.5. The molecule has 0 saturated carbocycles. The Morgan fingerprint density at radius 2 is 2.00 bits per heavy atom. The molecule has 1 aliphatic rings. The third-order valence-corrected chi connectivity index (χ3v) is 5.86. The average molecular weight is 399 g/mol. The fourth-order valence-electron chi connectivity index (χ4n) is 3.10. The third-order valence-electron chi connectivity index (χ3n) is 4.56. The molecule has 27 heavy (non-hydrogen) atoms. The van der Waals surface area contributed by atoms with Gasteiger partial charge in [0.15, 0.2) is 5.13 Å². The van der Waals surface area contributed by atoms with Crippen LogP contribution in [0.15, 0.2) is 48.7 Å². The van der Waals surface area contributed by atoms with E-state index < -0.39 is 0 Å². The molecule has 2 aromatic heterocycles. The normalized spacial score (nSPS) is 15.5. The molecule has 3 aromatic rings. The lowest BCUT2D eigenvalue weighted by atomic mass is 10.1. The van der Waals surface area contributed by atoms with E-state index in [1.807, 2.05) is 36.4 Å². The zero-order chi connectivity index (χ0) is 18.6. The molecule has 7 heteroatoms. The minimum absolute atomic E-state index is 0.0624. The number of piperidine rings is 1. The molecule has 0 radical (unpaired) electrons. The van der Waals surface area contributed by atoms with E-state index >= 15 is 0 Å². The molecule has 4 rings (SSSR count). The summed E-state index contributed by atoms with van der Waals surface area (Å²) in [6.07, 6.45) is 6.99. The number of hydrogen-bond acceptors (Lipinski definition) is 5. The van der Waals surface area contributed by atoms with Crippen LogP contribution >= 0.6 is 22.9 Å². The van der Waals surface area contributed by atoms with Crippen molar-refractivity contribution in [3.05, 3.63) is 59.3 Å². The standard InChI is InChI=1S/C20H19ClN4OS/c21-15-6-3-14(4-7-15)5-8-18(26)23-16-9-12-25(13-10-16)20-24-17-2-1-11-22-19(17)27-20/h1-8,11,16H,9-10,12-13H2,(H,23,26)/b8-5+. The van der Waals surface area contributed by atoms with Gasteiger partial charge in [-0.2, -0.15) is 0 Å². The van der Waals surface area contributed by atoms with E-state index in [0.29, 0.717) is 5.02 Å². The van der Waals surface area contributed by atoms with Crippen molar-refractivity contribution < 1.29 is 4.79 Å². The quantitative estimate of drug-likeness (QED) is 0.671. The first kappa shape index (κ1) is 17.9. The summed E-state index contributed by atoms with van der Waals surface area (Å²) < 4.78 is 0. The summed E-state index contributed by atoms with van der Waals surface area (Å²) in [6, 6.07) is 11.5. The molecular formula is C20H19ClN4OS. The van der Waals surface area contributed by atoms with Gasteiger partial charge >= 0.3 is 0 Å². The minimum atomic E-state index is -0.0624. The number of carbonyl (C=O) groups is 1. The molecule has 0 unspecified atom stereocenters. The van der Waals surface area contributed by atoms with Gasteiger partial charge in [-0.3, -0.25) is 4.79 Å². The molecule has 0 spiro atoms. The Kier molecular flexibility index (Phi) is 5.36. The van der Waals surface area contributed by atoms with Crippen LogP contribution in [0.5, 0.6) is 0 Å². The van der Waals surface area contributed by atoms with Crippen molar-refractivity contribution in [3.8, 4) is 0 Å². The van der Waals surface area contributed by atoms with Crippen LogP contribution in [-0.2, 0) is 4.79 Å². The van der Waals surface area contributed by atoms with Crippen molar-refractivity contribution in [3.63, 3.8) is 0 Å². The average Bonchev–Trinajstić information content (AvgIpc) is 3.12. The Morgan fingerprint density at radius 3 is 2.74 bits per heavy atom. The first-order valence-corrected chi connectivity index (χ1v) is 10.1. The van der Waals surface area contributed by atoms with Crippen molar-refractivity contribution in [2.24, 2.45) is 0 Å². The zero-order valence-electron chi connectivity index (χ0n) is 14.6. The summed E-state index contributed by atoms with van der Waals surface area (Å²) in [6.45, 7) is 1.76. The van der Waals surface area contributed by atoms with Crippen LogP contribution in [0.4, 0.5) is 5.13 Å². The van der Waals surface area contributed by atoms with Gasteiger partial charge in [0, 0.05) is 36.4 Å². The number of thiazole rings is 1. The van der Waals surface area contributed by atoms with E-state index in [9.17, 15) is 4.79 Å². The Balaban J connectivity index is 1.30.